The van der Waals surface area contributed by atoms with Gasteiger partial charge in [-0.2, -0.15) is 0 Å². The zero-order chi connectivity index (χ0) is 24.3. The molecule has 7 heteroatoms. The second-order valence-corrected chi connectivity index (χ2v) is 15.3. The van der Waals surface area contributed by atoms with Gasteiger partial charge in [0.15, 0.2) is 8.32 Å². The van der Waals surface area contributed by atoms with Crippen LogP contribution < -0.4 is 0 Å². The van der Waals surface area contributed by atoms with Crippen LogP contribution in [0.3, 0.4) is 0 Å². The molecule has 1 aliphatic rings. The Balaban J connectivity index is 2.12. The highest BCUT2D eigenvalue weighted by atomic mass is 28.4. The highest BCUT2D eigenvalue weighted by Gasteiger charge is 2.45. The van der Waals surface area contributed by atoms with E-state index >= 15 is 0 Å². The summed E-state index contributed by atoms with van der Waals surface area (Å²) in [5.41, 5.74) is 1.03. The molecule has 1 aliphatic heterocycles. The standard InChI is InChI=1S/C25H41NO5Si/c1-9-21(31-32(7,8)25(4,5)6)17(2)22(27)18(3)23(28)26-20(16-30-24(26)29)15-19-13-11-10-12-14-19/h10-14,17-18,20-22,27H,9,15-16H2,1-8H3/t17-,18+,20+,21+,22-/m0/s1. The van der Waals surface area contributed by atoms with E-state index in [0.717, 1.165) is 12.0 Å². The molecule has 0 saturated carbocycles. The summed E-state index contributed by atoms with van der Waals surface area (Å²) in [6.45, 7) is 16.8. The van der Waals surface area contributed by atoms with Crippen LogP contribution in [-0.2, 0) is 20.4 Å². The largest absolute Gasteiger partial charge is 0.447 e. The van der Waals surface area contributed by atoms with Gasteiger partial charge in [0.25, 0.3) is 0 Å². The number of benzene rings is 1. The number of cyclic esters (lactones) is 1. The molecule has 1 heterocycles. The molecule has 0 aliphatic carbocycles. The van der Waals surface area contributed by atoms with Gasteiger partial charge in [0.05, 0.1) is 18.1 Å². The molecule has 0 aromatic heterocycles. The maximum Gasteiger partial charge on any atom is 0.416 e. The van der Waals surface area contributed by atoms with Crippen LogP contribution in [0.25, 0.3) is 0 Å². The Bertz CT molecular complexity index is 776. The predicted molar refractivity (Wildman–Crippen MR) is 129 cm³/mol. The third kappa shape index (κ3) is 6.00. The number of aliphatic hydroxyl groups excluding tert-OH is 1. The van der Waals surface area contributed by atoms with E-state index in [-0.39, 0.29) is 29.7 Å². The third-order valence-corrected chi connectivity index (χ3v) is 11.7. The van der Waals surface area contributed by atoms with Gasteiger partial charge in [-0.25, -0.2) is 9.69 Å². The molecule has 1 aromatic carbocycles. The van der Waals surface area contributed by atoms with Crippen molar-refractivity contribution < 1.29 is 23.9 Å². The number of aliphatic hydroxyl groups is 1. The summed E-state index contributed by atoms with van der Waals surface area (Å²) >= 11 is 0. The van der Waals surface area contributed by atoms with Crippen LogP contribution in [0, 0.1) is 11.8 Å². The van der Waals surface area contributed by atoms with Crippen LogP contribution in [-0.4, -0.2) is 55.2 Å². The van der Waals surface area contributed by atoms with E-state index < -0.39 is 32.3 Å². The number of carbonyl (C=O) groups excluding carboxylic acids is 2. The maximum absolute atomic E-state index is 13.3. The molecule has 1 fully saturated rings. The molecule has 0 radical (unpaired) electrons. The molecule has 6 nitrogen and oxygen atoms in total. The van der Waals surface area contributed by atoms with Gasteiger partial charge in [0.2, 0.25) is 5.91 Å². The van der Waals surface area contributed by atoms with Crippen molar-refractivity contribution in [3.63, 3.8) is 0 Å². The lowest BCUT2D eigenvalue weighted by Gasteiger charge is -2.42. The van der Waals surface area contributed by atoms with E-state index in [0.29, 0.717) is 6.42 Å². The van der Waals surface area contributed by atoms with Gasteiger partial charge in [-0.3, -0.25) is 4.79 Å². The number of nitrogens with zero attached hydrogens (tertiary/aromatic N) is 1. The highest BCUT2D eigenvalue weighted by Crippen LogP contribution is 2.39. The Morgan fingerprint density at radius 2 is 1.84 bits per heavy atom. The van der Waals surface area contributed by atoms with Crippen LogP contribution in [0.4, 0.5) is 4.79 Å². The molecule has 2 amide bonds. The SMILES string of the molecule is CC[C@@H](O[Si](C)(C)C(C)(C)C)[C@H](C)[C@H](O)[C@@H](C)C(=O)N1C(=O)OC[C@H]1Cc1ccccc1. The van der Waals surface area contributed by atoms with Crippen molar-refractivity contribution in [3.8, 4) is 0 Å². The molecule has 180 valence electrons. The summed E-state index contributed by atoms with van der Waals surface area (Å²) in [4.78, 5) is 26.9. The van der Waals surface area contributed by atoms with Crippen molar-refractivity contribution in [3.05, 3.63) is 35.9 Å². The number of imide groups is 1. The summed E-state index contributed by atoms with van der Waals surface area (Å²) in [7, 11) is -2.03. The number of rotatable bonds is 9. The van der Waals surface area contributed by atoms with Gasteiger partial charge in [-0.15, -0.1) is 0 Å². The second kappa shape index (κ2) is 10.5. The molecule has 2 rings (SSSR count). The minimum atomic E-state index is -2.03. The van der Waals surface area contributed by atoms with Crippen LogP contribution in [0.2, 0.25) is 18.1 Å². The first-order valence-corrected chi connectivity index (χ1v) is 14.6. The quantitative estimate of drug-likeness (QED) is 0.521. The number of ether oxygens (including phenoxy) is 1. The normalized spacial score (nSPS) is 21.1. The number of hydrogen-bond donors (Lipinski definition) is 1. The molecule has 0 unspecified atom stereocenters. The predicted octanol–water partition coefficient (Wildman–Crippen LogP) is 5.01. The van der Waals surface area contributed by atoms with E-state index in [4.69, 9.17) is 9.16 Å². The Labute approximate surface area is 194 Å². The Kier molecular flexibility index (Phi) is 8.70. The van der Waals surface area contributed by atoms with Crippen LogP contribution in [0.1, 0.15) is 53.5 Å². The van der Waals surface area contributed by atoms with Gasteiger partial charge in [-0.05, 0) is 36.5 Å². The number of hydrogen-bond acceptors (Lipinski definition) is 5. The smallest absolute Gasteiger partial charge is 0.416 e. The third-order valence-electron chi connectivity index (χ3n) is 7.19. The van der Waals surface area contributed by atoms with E-state index in [1.165, 1.54) is 4.90 Å². The van der Waals surface area contributed by atoms with Crippen LogP contribution in [0.15, 0.2) is 30.3 Å². The van der Waals surface area contributed by atoms with Crippen molar-refractivity contribution in [1.29, 1.82) is 0 Å². The highest BCUT2D eigenvalue weighted by molar-refractivity contribution is 6.74. The van der Waals surface area contributed by atoms with E-state index in [1.807, 2.05) is 44.2 Å². The lowest BCUT2D eigenvalue weighted by molar-refractivity contribution is -0.138. The fraction of sp³-hybridized carbons (Fsp3) is 0.680. The average Bonchev–Trinajstić information content (AvgIpc) is 3.09. The molecule has 0 bridgehead atoms. The minimum absolute atomic E-state index is 0.0521. The summed E-state index contributed by atoms with van der Waals surface area (Å²) in [6.07, 6.45) is -0.446. The van der Waals surface area contributed by atoms with Crippen molar-refractivity contribution in [1.82, 2.24) is 4.90 Å². The molecule has 1 saturated heterocycles. The monoisotopic (exact) mass is 463 g/mol. The minimum Gasteiger partial charge on any atom is -0.447 e. The first kappa shape index (κ1) is 26.5. The summed E-state index contributed by atoms with van der Waals surface area (Å²) < 4.78 is 11.8. The average molecular weight is 464 g/mol. The summed E-state index contributed by atoms with van der Waals surface area (Å²) in [5, 5.41) is 11.2. The molecular formula is C25H41NO5Si. The molecule has 1 aromatic rings. The van der Waals surface area contributed by atoms with E-state index in [9.17, 15) is 14.7 Å². The topological polar surface area (TPSA) is 76.1 Å². The Morgan fingerprint density at radius 3 is 2.38 bits per heavy atom. The Morgan fingerprint density at radius 1 is 1.25 bits per heavy atom. The fourth-order valence-corrected chi connectivity index (χ4v) is 5.42. The Hall–Kier alpha value is -1.70. The zero-order valence-corrected chi connectivity index (χ0v) is 21.9. The number of amides is 2. The van der Waals surface area contributed by atoms with Gasteiger partial charge in [-0.1, -0.05) is 71.9 Å². The number of carbonyl (C=O) groups is 2. The van der Waals surface area contributed by atoms with E-state index in [2.05, 4.69) is 33.9 Å². The van der Waals surface area contributed by atoms with Gasteiger partial charge in [0.1, 0.15) is 6.61 Å². The summed E-state index contributed by atoms with van der Waals surface area (Å²) in [5.74, 6) is -1.39. The zero-order valence-electron chi connectivity index (χ0n) is 20.9. The first-order valence-electron chi connectivity index (χ1n) is 11.7. The summed E-state index contributed by atoms with van der Waals surface area (Å²) in [6, 6.07) is 9.36. The van der Waals surface area contributed by atoms with Crippen molar-refractivity contribution >= 4 is 20.3 Å². The van der Waals surface area contributed by atoms with Crippen molar-refractivity contribution in [2.24, 2.45) is 11.8 Å². The lowest BCUT2D eigenvalue weighted by atomic mass is 9.87. The van der Waals surface area contributed by atoms with Crippen molar-refractivity contribution in [2.75, 3.05) is 6.61 Å². The molecule has 5 atom stereocenters. The van der Waals surface area contributed by atoms with Crippen LogP contribution >= 0.6 is 0 Å². The fourth-order valence-electron chi connectivity index (χ4n) is 3.93. The van der Waals surface area contributed by atoms with Gasteiger partial charge < -0.3 is 14.3 Å². The van der Waals surface area contributed by atoms with Crippen molar-refractivity contribution in [2.45, 2.75) is 90.8 Å². The maximum atomic E-state index is 13.3. The molecule has 1 N–H and O–H groups in total. The molecule has 32 heavy (non-hydrogen) atoms. The first-order chi connectivity index (χ1) is 14.8. The lowest BCUT2D eigenvalue weighted by Crippen LogP contribution is -2.50. The van der Waals surface area contributed by atoms with E-state index in [1.54, 1.807) is 6.92 Å². The second-order valence-electron chi connectivity index (χ2n) is 10.6. The van der Waals surface area contributed by atoms with Gasteiger partial charge in [0, 0.05) is 12.0 Å². The van der Waals surface area contributed by atoms with Crippen LogP contribution in [0.5, 0.6) is 0 Å². The molecular weight excluding hydrogens is 422 g/mol. The van der Waals surface area contributed by atoms with Gasteiger partial charge >= 0.3 is 6.09 Å². The molecule has 0 spiro atoms.